The maximum atomic E-state index is 10.8. The molecule has 0 unspecified atom stereocenters. The van der Waals surface area contributed by atoms with Gasteiger partial charge in [-0.2, -0.15) is 5.10 Å². The van der Waals surface area contributed by atoms with Crippen LogP contribution in [0.1, 0.15) is 6.42 Å². The molecule has 0 saturated heterocycles. The lowest BCUT2D eigenvalue weighted by molar-refractivity contribution is -0.119. The third-order valence-electron chi connectivity index (χ3n) is 1.86. The van der Waals surface area contributed by atoms with Crippen LogP contribution in [0.5, 0.6) is 0 Å². The van der Waals surface area contributed by atoms with E-state index in [4.69, 9.17) is 0 Å². The minimum Gasteiger partial charge on any atom is -0.358 e. The van der Waals surface area contributed by atoms with Crippen molar-refractivity contribution < 1.29 is 4.79 Å². The van der Waals surface area contributed by atoms with Crippen molar-refractivity contribution in [3.8, 4) is 0 Å². The number of hydrogen-bond acceptors (Lipinski definition) is 3. The summed E-state index contributed by atoms with van der Waals surface area (Å²) >= 11 is 0. The van der Waals surface area contributed by atoms with Gasteiger partial charge in [0.25, 0.3) is 0 Å². The Bertz CT molecular complexity index is 258. The van der Waals surface area contributed by atoms with Crippen LogP contribution in [0.4, 0.5) is 0 Å². The molecule has 5 heteroatoms. The zero-order valence-electron chi connectivity index (χ0n) is 8.36. The van der Waals surface area contributed by atoms with Gasteiger partial charge in [-0.1, -0.05) is 0 Å². The van der Waals surface area contributed by atoms with Crippen LogP contribution in [-0.2, 0) is 11.3 Å². The lowest BCUT2D eigenvalue weighted by Crippen LogP contribution is -2.32. The molecule has 1 aromatic rings. The van der Waals surface area contributed by atoms with E-state index in [-0.39, 0.29) is 5.91 Å². The van der Waals surface area contributed by atoms with Crippen LogP contribution in [0, 0.1) is 0 Å². The topological polar surface area (TPSA) is 59.0 Å². The molecular formula is C9H16N4O. The Morgan fingerprint density at radius 3 is 3.07 bits per heavy atom. The largest absolute Gasteiger partial charge is 0.358 e. The number of nitrogens with one attached hydrogen (secondary N) is 2. The second-order valence-corrected chi connectivity index (χ2v) is 2.97. The summed E-state index contributed by atoms with van der Waals surface area (Å²) < 4.78 is 1.88. The molecule has 0 aliphatic heterocycles. The van der Waals surface area contributed by atoms with Crippen molar-refractivity contribution in [1.29, 1.82) is 0 Å². The molecule has 0 aromatic carbocycles. The van der Waals surface area contributed by atoms with E-state index < -0.39 is 0 Å². The maximum Gasteiger partial charge on any atom is 0.233 e. The van der Waals surface area contributed by atoms with Crippen LogP contribution in [0.25, 0.3) is 0 Å². The zero-order valence-corrected chi connectivity index (χ0v) is 8.36. The molecule has 78 valence electrons. The van der Waals surface area contributed by atoms with Crippen molar-refractivity contribution >= 4 is 5.91 Å². The molecule has 1 amide bonds. The predicted octanol–water partition coefficient (Wildman–Crippen LogP) is -0.391. The summed E-state index contributed by atoms with van der Waals surface area (Å²) in [4.78, 5) is 10.8. The fraction of sp³-hybridized carbons (Fsp3) is 0.556. The molecule has 2 N–H and O–H groups in total. The number of likely N-dealkylation sites (N-methyl/N-ethyl adjacent to an activating group) is 1. The van der Waals surface area contributed by atoms with Gasteiger partial charge >= 0.3 is 0 Å². The molecular weight excluding hydrogens is 180 g/mol. The Balaban J connectivity index is 1.97. The summed E-state index contributed by atoms with van der Waals surface area (Å²) in [7, 11) is 1.63. The van der Waals surface area contributed by atoms with Gasteiger partial charge in [-0.05, 0) is 19.0 Å². The van der Waals surface area contributed by atoms with E-state index in [1.165, 1.54) is 0 Å². The van der Waals surface area contributed by atoms with Gasteiger partial charge in [-0.15, -0.1) is 0 Å². The predicted molar refractivity (Wildman–Crippen MR) is 53.8 cm³/mol. The molecule has 0 saturated carbocycles. The average molecular weight is 196 g/mol. The van der Waals surface area contributed by atoms with Gasteiger partial charge in [-0.25, -0.2) is 0 Å². The third kappa shape index (κ3) is 4.04. The van der Waals surface area contributed by atoms with Crippen LogP contribution in [0.15, 0.2) is 18.5 Å². The van der Waals surface area contributed by atoms with Gasteiger partial charge in [0, 0.05) is 26.0 Å². The first-order valence-corrected chi connectivity index (χ1v) is 4.71. The van der Waals surface area contributed by atoms with E-state index in [9.17, 15) is 4.79 Å². The summed E-state index contributed by atoms with van der Waals surface area (Å²) in [5.74, 6) is 0.0177. The van der Waals surface area contributed by atoms with Crippen molar-refractivity contribution in [3.05, 3.63) is 18.5 Å². The second kappa shape index (κ2) is 6.15. The number of aryl methyl sites for hydroxylation is 1. The van der Waals surface area contributed by atoms with Crippen molar-refractivity contribution in [2.75, 3.05) is 20.1 Å². The highest BCUT2D eigenvalue weighted by molar-refractivity contribution is 5.77. The number of aromatic nitrogens is 2. The molecule has 0 radical (unpaired) electrons. The van der Waals surface area contributed by atoms with Crippen LogP contribution < -0.4 is 10.6 Å². The second-order valence-electron chi connectivity index (χ2n) is 2.97. The maximum absolute atomic E-state index is 10.8. The number of nitrogens with zero attached hydrogens (tertiary/aromatic N) is 2. The van der Waals surface area contributed by atoms with E-state index in [1.807, 2.05) is 16.9 Å². The first kappa shape index (κ1) is 10.7. The fourth-order valence-electron chi connectivity index (χ4n) is 1.09. The lowest BCUT2D eigenvalue weighted by Gasteiger charge is -2.03. The molecule has 0 spiro atoms. The lowest BCUT2D eigenvalue weighted by atomic mass is 10.4. The summed E-state index contributed by atoms with van der Waals surface area (Å²) in [6, 6.07) is 1.90. The number of rotatable bonds is 6. The van der Waals surface area contributed by atoms with Crippen molar-refractivity contribution in [2.24, 2.45) is 0 Å². The summed E-state index contributed by atoms with van der Waals surface area (Å²) in [6.45, 7) is 2.09. The van der Waals surface area contributed by atoms with Crippen molar-refractivity contribution in [3.63, 3.8) is 0 Å². The third-order valence-corrected chi connectivity index (χ3v) is 1.86. The first-order chi connectivity index (χ1) is 6.83. The van der Waals surface area contributed by atoms with Gasteiger partial charge in [-0.3, -0.25) is 9.48 Å². The molecule has 14 heavy (non-hydrogen) atoms. The average Bonchev–Trinajstić information content (AvgIpc) is 2.69. The van der Waals surface area contributed by atoms with E-state index >= 15 is 0 Å². The van der Waals surface area contributed by atoms with E-state index in [0.717, 1.165) is 19.5 Å². The number of carbonyl (C=O) groups excluding carboxylic acids is 1. The minimum absolute atomic E-state index is 0.0177. The molecule has 5 nitrogen and oxygen atoms in total. The summed E-state index contributed by atoms with van der Waals surface area (Å²) in [6.07, 6.45) is 4.66. The Kier molecular flexibility index (Phi) is 4.71. The van der Waals surface area contributed by atoms with Crippen molar-refractivity contribution in [2.45, 2.75) is 13.0 Å². The normalized spacial score (nSPS) is 10.1. The standard InChI is InChI=1S/C9H16N4O/c1-10-9(14)8-11-4-2-6-13-7-3-5-12-13/h3,5,7,11H,2,4,6,8H2,1H3,(H,10,14). The summed E-state index contributed by atoms with van der Waals surface area (Å²) in [5.41, 5.74) is 0. The Morgan fingerprint density at radius 2 is 2.43 bits per heavy atom. The Labute approximate surface area is 83.5 Å². The highest BCUT2D eigenvalue weighted by Gasteiger charge is 1.95. The molecule has 0 aliphatic carbocycles. The molecule has 0 aliphatic rings. The van der Waals surface area contributed by atoms with E-state index in [1.54, 1.807) is 13.2 Å². The van der Waals surface area contributed by atoms with Gasteiger partial charge in [0.15, 0.2) is 0 Å². The smallest absolute Gasteiger partial charge is 0.233 e. The van der Waals surface area contributed by atoms with Crippen LogP contribution in [0.3, 0.4) is 0 Å². The highest BCUT2D eigenvalue weighted by atomic mass is 16.1. The summed E-state index contributed by atoms with van der Waals surface area (Å²) in [5, 5.41) is 9.67. The number of hydrogen-bond donors (Lipinski definition) is 2. The van der Waals surface area contributed by atoms with Gasteiger partial charge < -0.3 is 10.6 Å². The highest BCUT2D eigenvalue weighted by Crippen LogP contribution is 1.87. The molecule has 1 heterocycles. The van der Waals surface area contributed by atoms with Crippen LogP contribution >= 0.6 is 0 Å². The van der Waals surface area contributed by atoms with Crippen LogP contribution in [0.2, 0.25) is 0 Å². The Hall–Kier alpha value is -1.36. The molecule has 0 bridgehead atoms. The number of amides is 1. The first-order valence-electron chi connectivity index (χ1n) is 4.71. The molecule has 1 rings (SSSR count). The zero-order chi connectivity index (χ0) is 10.2. The van der Waals surface area contributed by atoms with Crippen LogP contribution in [-0.4, -0.2) is 35.8 Å². The van der Waals surface area contributed by atoms with E-state index in [2.05, 4.69) is 15.7 Å². The monoisotopic (exact) mass is 196 g/mol. The molecule has 0 fully saturated rings. The SMILES string of the molecule is CNC(=O)CNCCCn1cccn1. The number of carbonyl (C=O) groups is 1. The van der Waals surface area contributed by atoms with Gasteiger partial charge in [0.1, 0.15) is 0 Å². The Morgan fingerprint density at radius 1 is 1.57 bits per heavy atom. The van der Waals surface area contributed by atoms with Gasteiger partial charge in [0.2, 0.25) is 5.91 Å². The molecule has 1 aromatic heterocycles. The quantitative estimate of drug-likeness (QED) is 0.609. The van der Waals surface area contributed by atoms with Crippen molar-refractivity contribution in [1.82, 2.24) is 20.4 Å². The fourth-order valence-corrected chi connectivity index (χ4v) is 1.09. The molecule has 0 atom stereocenters. The minimum atomic E-state index is 0.0177. The van der Waals surface area contributed by atoms with E-state index in [0.29, 0.717) is 6.54 Å². The van der Waals surface area contributed by atoms with Gasteiger partial charge in [0.05, 0.1) is 6.54 Å².